The Morgan fingerprint density at radius 3 is 2.58 bits per heavy atom. The predicted octanol–water partition coefficient (Wildman–Crippen LogP) is 3.36. The van der Waals surface area contributed by atoms with Crippen molar-refractivity contribution in [3.63, 3.8) is 0 Å². The maximum atomic E-state index is 12.6. The van der Waals surface area contributed by atoms with Gasteiger partial charge in [0.1, 0.15) is 11.4 Å². The highest BCUT2D eigenvalue weighted by Crippen LogP contribution is 2.30. The van der Waals surface area contributed by atoms with E-state index in [0.717, 1.165) is 12.1 Å². The van der Waals surface area contributed by atoms with Crippen molar-refractivity contribution in [1.29, 1.82) is 0 Å². The Bertz CT molecular complexity index is 1240. The van der Waals surface area contributed by atoms with Gasteiger partial charge in [-0.25, -0.2) is 18.4 Å². The van der Waals surface area contributed by atoms with Crippen LogP contribution in [-0.2, 0) is 16.0 Å². The van der Waals surface area contributed by atoms with E-state index in [1.165, 1.54) is 6.07 Å². The first-order chi connectivity index (χ1) is 14.6. The molecule has 162 valence electrons. The lowest BCUT2D eigenvalue weighted by molar-refractivity contribution is -0.137. The van der Waals surface area contributed by atoms with Crippen LogP contribution in [0.25, 0.3) is 10.9 Å². The van der Waals surface area contributed by atoms with E-state index in [1.807, 2.05) is 0 Å². The Hall–Kier alpha value is -3.21. The van der Waals surface area contributed by atoms with E-state index in [2.05, 4.69) is 15.3 Å². The number of halogens is 3. The molecular weight excluding hydrogens is 435 g/mol. The third-order valence-corrected chi connectivity index (χ3v) is 6.51. The Kier molecular flexibility index (Phi) is 5.29. The Labute approximate surface area is 175 Å². The molecular formula is C20H16F3N3O4S. The second kappa shape index (κ2) is 7.80. The summed E-state index contributed by atoms with van der Waals surface area (Å²) in [5.74, 6) is -0.138. The highest BCUT2D eigenvalue weighted by Gasteiger charge is 2.31. The summed E-state index contributed by atoms with van der Waals surface area (Å²) in [6.07, 6.45) is -3.41. The molecule has 3 aromatic rings. The summed E-state index contributed by atoms with van der Waals surface area (Å²) < 4.78 is 66.4. The quantitative estimate of drug-likeness (QED) is 0.653. The first-order valence-electron chi connectivity index (χ1n) is 9.22. The molecule has 1 saturated heterocycles. The first kappa shape index (κ1) is 21.0. The van der Waals surface area contributed by atoms with E-state index in [0.29, 0.717) is 29.3 Å². The number of hydrogen-bond acceptors (Lipinski definition) is 6. The van der Waals surface area contributed by atoms with Crippen molar-refractivity contribution in [2.75, 3.05) is 11.5 Å². The molecule has 0 aliphatic carbocycles. The summed E-state index contributed by atoms with van der Waals surface area (Å²) in [6, 6.07) is 9.50. The maximum absolute atomic E-state index is 12.6. The zero-order valence-corrected chi connectivity index (χ0v) is 16.7. The smallest absolute Gasteiger partial charge is 0.417 e. The van der Waals surface area contributed by atoms with Crippen molar-refractivity contribution >= 4 is 26.6 Å². The standard InChI is InChI=1S/C20H16F3N3O4S/c21-20(22,23)13-2-6-18(24-10-13)30-15-3-5-16-12(9-15)1-4-17(26-16)19(27)25-14-7-8-31(28,29)11-14/h1-6,9-10,14H,7-8,11H2,(H,25,27)/t14-/m0/s1. The number of pyridine rings is 2. The molecule has 0 saturated carbocycles. The van der Waals surface area contributed by atoms with E-state index in [1.54, 1.807) is 24.3 Å². The van der Waals surface area contributed by atoms with E-state index in [-0.39, 0.29) is 23.1 Å². The molecule has 2 aromatic heterocycles. The second-order valence-electron chi connectivity index (χ2n) is 7.11. The van der Waals surface area contributed by atoms with Crippen LogP contribution in [0.15, 0.2) is 48.7 Å². The molecule has 7 nitrogen and oxygen atoms in total. The highest BCUT2D eigenvalue weighted by molar-refractivity contribution is 7.91. The number of ether oxygens (including phenoxy) is 1. The van der Waals surface area contributed by atoms with Gasteiger partial charge in [-0.1, -0.05) is 6.07 Å². The molecule has 4 rings (SSSR count). The summed E-state index contributed by atoms with van der Waals surface area (Å²) in [4.78, 5) is 20.3. The van der Waals surface area contributed by atoms with Crippen molar-refractivity contribution in [1.82, 2.24) is 15.3 Å². The molecule has 1 aromatic carbocycles. The van der Waals surface area contributed by atoms with Gasteiger partial charge >= 0.3 is 6.18 Å². The van der Waals surface area contributed by atoms with E-state index in [9.17, 15) is 26.4 Å². The lowest BCUT2D eigenvalue weighted by Crippen LogP contribution is -2.36. The van der Waals surface area contributed by atoms with Gasteiger partial charge in [0.05, 0.1) is 22.6 Å². The molecule has 11 heteroatoms. The van der Waals surface area contributed by atoms with Gasteiger partial charge in [0.15, 0.2) is 9.84 Å². The third kappa shape index (κ3) is 4.93. The SMILES string of the molecule is O=C(N[C@H]1CCS(=O)(=O)C1)c1ccc2cc(Oc3ccc(C(F)(F)F)cn3)ccc2n1. The number of aromatic nitrogens is 2. The van der Waals surface area contributed by atoms with Crippen LogP contribution in [0.4, 0.5) is 13.2 Å². The van der Waals surface area contributed by atoms with Crippen molar-refractivity contribution < 1.29 is 31.1 Å². The molecule has 0 spiro atoms. The number of sulfone groups is 1. The Balaban J connectivity index is 1.47. The van der Waals surface area contributed by atoms with Crippen LogP contribution in [0.3, 0.4) is 0 Å². The average molecular weight is 451 g/mol. The third-order valence-electron chi connectivity index (χ3n) is 4.75. The Morgan fingerprint density at radius 2 is 1.94 bits per heavy atom. The summed E-state index contributed by atoms with van der Waals surface area (Å²) in [6.45, 7) is 0. The summed E-state index contributed by atoms with van der Waals surface area (Å²) in [5.41, 5.74) is -0.224. The fraction of sp³-hybridized carbons (Fsp3) is 0.250. The number of carbonyl (C=O) groups is 1. The van der Waals surface area contributed by atoms with E-state index in [4.69, 9.17) is 4.74 Å². The van der Waals surface area contributed by atoms with E-state index >= 15 is 0 Å². The number of benzene rings is 1. The lowest BCUT2D eigenvalue weighted by atomic mass is 10.2. The van der Waals surface area contributed by atoms with Crippen LogP contribution in [0, 0.1) is 0 Å². The van der Waals surface area contributed by atoms with Gasteiger partial charge in [-0.3, -0.25) is 4.79 Å². The van der Waals surface area contributed by atoms with Crippen molar-refractivity contribution in [2.45, 2.75) is 18.6 Å². The fourth-order valence-corrected chi connectivity index (χ4v) is 4.86. The molecule has 0 radical (unpaired) electrons. The normalized spacial score (nSPS) is 18.1. The van der Waals surface area contributed by atoms with Crippen molar-refractivity contribution in [2.24, 2.45) is 0 Å². The lowest BCUT2D eigenvalue weighted by Gasteiger charge is -2.11. The number of hydrogen-bond donors (Lipinski definition) is 1. The molecule has 1 N–H and O–H groups in total. The number of carbonyl (C=O) groups excluding carboxylic acids is 1. The molecule has 0 bridgehead atoms. The molecule has 0 unspecified atom stereocenters. The van der Waals surface area contributed by atoms with E-state index < -0.39 is 33.5 Å². The number of amides is 1. The van der Waals surface area contributed by atoms with Crippen molar-refractivity contribution in [3.05, 3.63) is 59.9 Å². The number of nitrogens with zero attached hydrogens (tertiary/aromatic N) is 2. The maximum Gasteiger partial charge on any atom is 0.417 e. The van der Waals surface area contributed by atoms with Crippen LogP contribution in [0.5, 0.6) is 11.6 Å². The minimum absolute atomic E-state index is 0.00261. The largest absolute Gasteiger partial charge is 0.439 e. The first-order valence-corrected chi connectivity index (χ1v) is 11.0. The van der Waals surface area contributed by atoms with Gasteiger partial charge in [-0.05, 0) is 36.8 Å². The van der Waals surface area contributed by atoms with Crippen LogP contribution < -0.4 is 10.1 Å². The van der Waals surface area contributed by atoms with Crippen molar-refractivity contribution in [3.8, 4) is 11.6 Å². The van der Waals surface area contributed by atoms with Gasteiger partial charge in [0.2, 0.25) is 5.88 Å². The van der Waals surface area contributed by atoms with Gasteiger partial charge in [-0.15, -0.1) is 0 Å². The van der Waals surface area contributed by atoms with Gasteiger partial charge in [-0.2, -0.15) is 13.2 Å². The summed E-state index contributed by atoms with van der Waals surface area (Å²) >= 11 is 0. The fourth-order valence-electron chi connectivity index (χ4n) is 3.19. The molecule has 3 heterocycles. The van der Waals surface area contributed by atoms with Crippen LogP contribution >= 0.6 is 0 Å². The zero-order chi connectivity index (χ0) is 22.2. The molecule has 1 amide bonds. The summed E-state index contributed by atoms with van der Waals surface area (Å²) in [7, 11) is -3.11. The van der Waals surface area contributed by atoms with Gasteiger partial charge < -0.3 is 10.1 Å². The zero-order valence-electron chi connectivity index (χ0n) is 15.9. The topological polar surface area (TPSA) is 98.2 Å². The molecule has 31 heavy (non-hydrogen) atoms. The van der Waals surface area contributed by atoms with Crippen LogP contribution in [0.2, 0.25) is 0 Å². The monoisotopic (exact) mass is 451 g/mol. The number of alkyl halides is 3. The van der Waals surface area contributed by atoms with Gasteiger partial charge in [0, 0.05) is 23.7 Å². The number of nitrogens with one attached hydrogen (secondary N) is 1. The number of fused-ring (bicyclic) bond motifs is 1. The summed E-state index contributed by atoms with van der Waals surface area (Å²) in [5, 5.41) is 3.32. The highest BCUT2D eigenvalue weighted by atomic mass is 32.2. The second-order valence-corrected chi connectivity index (χ2v) is 9.34. The minimum Gasteiger partial charge on any atom is -0.439 e. The molecule has 1 atom stereocenters. The molecule has 1 aliphatic heterocycles. The predicted molar refractivity (Wildman–Crippen MR) is 106 cm³/mol. The average Bonchev–Trinajstić information content (AvgIpc) is 3.05. The Morgan fingerprint density at radius 1 is 1.13 bits per heavy atom. The van der Waals surface area contributed by atoms with Gasteiger partial charge in [0.25, 0.3) is 5.91 Å². The number of rotatable bonds is 4. The van der Waals surface area contributed by atoms with Crippen LogP contribution in [-0.4, -0.2) is 41.8 Å². The molecule has 1 fully saturated rings. The minimum atomic E-state index is -4.48. The molecule has 1 aliphatic rings. The van der Waals surface area contributed by atoms with Crippen LogP contribution in [0.1, 0.15) is 22.5 Å².